The number of rotatable bonds is 5. The zero-order valence-electron chi connectivity index (χ0n) is 15.5. The maximum atomic E-state index is 12.3. The number of thiophene rings is 1. The monoisotopic (exact) mass is 403 g/mol. The number of carbonyl (C=O) groups is 1. The summed E-state index contributed by atoms with van der Waals surface area (Å²) < 4.78 is 5.42. The largest absolute Gasteiger partial charge is 0.408 e. The lowest BCUT2D eigenvalue weighted by Crippen LogP contribution is -2.14. The van der Waals surface area contributed by atoms with Crippen LogP contribution in [0.4, 0.5) is 6.01 Å². The number of anilines is 1. The Morgan fingerprint density at radius 3 is 3.04 bits per heavy atom. The second kappa shape index (κ2) is 7.55. The zero-order chi connectivity index (χ0) is 19.0. The van der Waals surface area contributed by atoms with Gasteiger partial charge in [0.15, 0.2) is 0 Å². The lowest BCUT2D eigenvalue weighted by molar-refractivity contribution is -0.113. The van der Waals surface area contributed by atoms with Crippen LogP contribution in [0, 0.1) is 5.92 Å². The Balaban J connectivity index is 1.48. The summed E-state index contributed by atoms with van der Waals surface area (Å²) >= 11 is 3.18. The molecule has 27 heavy (non-hydrogen) atoms. The maximum Gasteiger partial charge on any atom is 0.322 e. The molecule has 1 N–H and O–H groups in total. The van der Waals surface area contributed by atoms with Gasteiger partial charge in [0, 0.05) is 16.2 Å². The lowest BCUT2D eigenvalue weighted by atomic mass is 9.89. The second-order valence-electron chi connectivity index (χ2n) is 7.15. The molecule has 0 spiro atoms. The van der Waals surface area contributed by atoms with E-state index in [9.17, 15) is 4.79 Å². The minimum Gasteiger partial charge on any atom is -0.408 e. The van der Waals surface area contributed by atoms with Gasteiger partial charge in [0.2, 0.25) is 11.8 Å². The number of aryl methyl sites for hydroxylation is 1. The van der Waals surface area contributed by atoms with Crippen LogP contribution in [-0.2, 0) is 17.6 Å². The number of carbonyl (C=O) groups excluding carboxylic acids is 1. The standard InChI is InChI=1S/C18H21N5O2S2/c1-9(2)15-22-23-18(25-15)21-13(24)7-26-16-14-11-5-4-10(3)6-12(11)27-17(14)20-8-19-16/h8-10H,4-7H2,1-3H3,(H,21,23,24). The van der Waals surface area contributed by atoms with Crippen molar-refractivity contribution in [2.75, 3.05) is 11.1 Å². The van der Waals surface area contributed by atoms with E-state index in [0.717, 1.165) is 28.1 Å². The zero-order valence-corrected chi connectivity index (χ0v) is 17.1. The van der Waals surface area contributed by atoms with Gasteiger partial charge in [-0.15, -0.1) is 16.4 Å². The number of nitrogens with zero attached hydrogens (tertiary/aromatic N) is 4. The van der Waals surface area contributed by atoms with Crippen molar-refractivity contribution < 1.29 is 9.21 Å². The number of hydrogen-bond acceptors (Lipinski definition) is 8. The molecule has 1 aliphatic carbocycles. The second-order valence-corrected chi connectivity index (χ2v) is 9.20. The highest BCUT2D eigenvalue weighted by atomic mass is 32.2. The molecule has 0 aliphatic heterocycles. The molecule has 0 aromatic carbocycles. The molecular weight excluding hydrogens is 382 g/mol. The van der Waals surface area contributed by atoms with Crippen LogP contribution < -0.4 is 5.32 Å². The lowest BCUT2D eigenvalue weighted by Gasteiger charge is -2.18. The number of hydrogen-bond donors (Lipinski definition) is 1. The summed E-state index contributed by atoms with van der Waals surface area (Å²) in [4.78, 5) is 23.6. The molecule has 9 heteroatoms. The normalized spacial score (nSPS) is 16.7. The summed E-state index contributed by atoms with van der Waals surface area (Å²) in [6.07, 6.45) is 4.94. The molecule has 0 saturated carbocycles. The number of fused-ring (bicyclic) bond motifs is 3. The predicted molar refractivity (Wildman–Crippen MR) is 106 cm³/mol. The van der Waals surface area contributed by atoms with Crippen molar-refractivity contribution in [1.29, 1.82) is 0 Å². The molecule has 7 nitrogen and oxygen atoms in total. The molecule has 3 aromatic rings. The van der Waals surface area contributed by atoms with Crippen LogP contribution in [0.25, 0.3) is 10.2 Å². The van der Waals surface area contributed by atoms with Crippen molar-refractivity contribution in [2.45, 2.75) is 51.0 Å². The van der Waals surface area contributed by atoms with Gasteiger partial charge in [-0.05, 0) is 30.7 Å². The van der Waals surface area contributed by atoms with Gasteiger partial charge in [-0.25, -0.2) is 9.97 Å². The Bertz CT molecular complexity index is 981. The molecular formula is C18H21N5O2S2. The molecule has 1 amide bonds. The number of nitrogens with one attached hydrogen (secondary N) is 1. The highest BCUT2D eigenvalue weighted by Crippen LogP contribution is 2.40. The van der Waals surface area contributed by atoms with Crippen molar-refractivity contribution >= 4 is 45.2 Å². The quantitative estimate of drug-likeness (QED) is 0.507. The SMILES string of the molecule is CC1CCc2c(sc3ncnc(SCC(=O)Nc4nnc(C(C)C)o4)c23)C1. The van der Waals surface area contributed by atoms with Crippen molar-refractivity contribution in [2.24, 2.45) is 5.92 Å². The molecule has 3 aromatic heterocycles. The maximum absolute atomic E-state index is 12.3. The number of amides is 1. The van der Waals surface area contributed by atoms with Crippen LogP contribution in [0.5, 0.6) is 0 Å². The van der Waals surface area contributed by atoms with Gasteiger partial charge in [0.1, 0.15) is 16.2 Å². The van der Waals surface area contributed by atoms with Gasteiger partial charge in [-0.3, -0.25) is 10.1 Å². The first-order chi connectivity index (χ1) is 13.0. The van der Waals surface area contributed by atoms with Crippen LogP contribution in [0.3, 0.4) is 0 Å². The first-order valence-electron chi connectivity index (χ1n) is 9.02. The van der Waals surface area contributed by atoms with Crippen molar-refractivity contribution in [1.82, 2.24) is 20.2 Å². The van der Waals surface area contributed by atoms with E-state index < -0.39 is 0 Å². The molecule has 4 rings (SSSR count). The fourth-order valence-electron chi connectivity index (χ4n) is 3.16. The third-order valence-electron chi connectivity index (χ3n) is 4.58. The van der Waals surface area contributed by atoms with E-state index in [-0.39, 0.29) is 23.6 Å². The summed E-state index contributed by atoms with van der Waals surface area (Å²) in [5.74, 6) is 1.38. The average Bonchev–Trinajstić information content (AvgIpc) is 3.23. The summed E-state index contributed by atoms with van der Waals surface area (Å²) in [6, 6.07) is 0.138. The Morgan fingerprint density at radius 2 is 2.26 bits per heavy atom. The van der Waals surface area contributed by atoms with Crippen LogP contribution in [0.2, 0.25) is 0 Å². The third-order valence-corrected chi connectivity index (χ3v) is 6.73. The molecule has 0 radical (unpaired) electrons. The first-order valence-corrected chi connectivity index (χ1v) is 10.8. The van der Waals surface area contributed by atoms with Crippen molar-refractivity contribution in [3.05, 3.63) is 22.7 Å². The average molecular weight is 404 g/mol. The smallest absolute Gasteiger partial charge is 0.322 e. The Hall–Kier alpha value is -2.00. The van der Waals surface area contributed by atoms with Crippen LogP contribution in [-0.4, -0.2) is 31.8 Å². The van der Waals surface area contributed by atoms with Gasteiger partial charge >= 0.3 is 6.01 Å². The Labute approximate surface area is 165 Å². The van der Waals surface area contributed by atoms with E-state index in [0.29, 0.717) is 11.8 Å². The molecule has 0 bridgehead atoms. The van der Waals surface area contributed by atoms with E-state index in [1.807, 2.05) is 13.8 Å². The van der Waals surface area contributed by atoms with E-state index in [2.05, 4.69) is 32.4 Å². The van der Waals surface area contributed by atoms with Gasteiger partial charge in [-0.1, -0.05) is 37.6 Å². The van der Waals surface area contributed by atoms with Gasteiger partial charge < -0.3 is 4.42 Å². The first kappa shape index (κ1) is 18.4. The molecule has 1 unspecified atom stereocenters. The van der Waals surface area contributed by atoms with Gasteiger partial charge in [-0.2, -0.15) is 0 Å². The van der Waals surface area contributed by atoms with Gasteiger partial charge in [0.25, 0.3) is 0 Å². The minimum atomic E-state index is -0.191. The fraction of sp³-hybridized carbons (Fsp3) is 0.500. The summed E-state index contributed by atoms with van der Waals surface area (Å²) in [7, 11) is 0. The van der Waals surface area contributed by atoms with E-state index in [1.54, 1.807) is 17.7 Å². The topological polar surface area (TPSA) is 93.8 Å². The molecule has 1 aliphatic rings. The molecule has 0 saturated heterocycles. The summed E-state index contributed by atoms with van der Waals surface area (Å²) in [6.45, 7) is 6.20. The summed E-state index contributed by atoms with van der Waals surface area (Å²) in [5, 5.41) is 12.4. The highest BCUT2D eigenvalue weighted by Gasteiger charge is 2.23. The van der Waals surface area contributed by atoms with Crippen molar-refractivity contribution in [3.63, 3.8) is 0 Å². The molecule has 1 atom stereocenters. The molecule has 0 fully saturated rings. The van der Waals surface area contributed by atoms with Crippen LogP contribution >= 0.6 is 23.1 Å². The predicted octanol–water partition coefficient (Wildman–Crippen LogP) is 4.05. The Morgan fingerprint density at radius 1 is 1.41 bits per heavy atom. The van der Waals surface area contributed by atoms with E-state index in [4.69, 9.17) is 4.42 Å². The fourth-order valence-corrected chi connectivity index (χ4v) is 5.40. The van der Waals surface area contributed by atoms with Crippen molar-refractivity contribution in [3.8, 4) is 0 Å². The molecule has 142 valence electrons. The van der Waals surface area contributed by atoms with Crippen LogP contribution in [0.1, 0.15) is 49.4 Å². The van der Waals surface area contributed by atoms with E-state index in [1.165, 1.54) is 28.6 Å². The Kier molecular flexibility index (Phi) is 5.14. The summed E-state index contributed by atoms with van der Waals surface area (Å²) in [5.41, 5.74) is 1.37. The number of thioether (sulfide) groups is 1. The third kappa shape index (κ3) is 3.84. The van der Waals surface area contributed by atoms with Crippen LogP contribution in [0.15, 0.2) is 15.8 Å². The van der Waals surface area contributed by atoms with Gasteiger partial charge in [0.05, 0.1) is 5.75 Å². The molecule has 3 heterocycles. The minimum absolute atomic E-state index is 0.124. The number of aromatic nitrogens is 4. The highest BCUT2D eigenvalue weighted by molar-refractivity contribution is 8.00. The van der Waals surface area contributed by atoms with E-state index >= 15 is 0 Å².